The van der Waals surface area contributed by atoms with Crippen LogP contribution in [0.1, 0.15) is 23.3 Å². The van der Waals surface area contributed by atoms with Gasteiger partial charge in [-0.05, 0) is 25.0 Å². The van der Waals surface area contributed by atoms with Gasteiger partial charge in [0.05, 0.1) is 12.2 Å². The molecule has 0 atom stereocenters. The molecule has 1 saturated carbocycles. The molecule has 1 aliphatic carbocycles. The maximum Gasteiger partial charge on any atom is 0.273 e. The van der Waals surface area contributed by atoms with Crippen molar-refractivity contribution in [3.8, 4) is 0 Å². The van der Waals surface area contributed by atoms with Gasteiger partial charge in [0.25, 0.3) is 5.91 Å². The maximum atomic E-state index is 13.7. The lowest BCUT2D eigenvalue weighted by molar-refractivity contribution is -0.122. The van der Waals surface area contributed by atoms with Gasteiger partial charge in [-0.25, -0.2) is 9.37 Å². The highest BCUT2D eigenvalue weighted by molar-refractivity contribution is 7.14. The van der Waals surface area contributed by atoms with Crippen LogP contribution >= 0.6 is 11.3 Å². The summed E-state index contributed by atoms with van der Waals surface area (Å²) in [4.78, 5) is 32.7. The highest BCUT2D eigenvalue weighted by Gasteiger charge is 2.27. The maximum absolute atomic E-state index is 13.7. The van der Waals surface area contributed by atoms with Crippen LogP contribution < -0.4 is 10.6 Å². The average Bonchev–Trinajstić information content (AvgIpc) is 3.38. The summed E-state index contributed by atoms with van der Waals surface area (Å²) in [6, 6.07) is 6.71. The fourth-order valence-electron chi connectivity index (χ4n) is 3.08. The summed E-state index contributed by atoms with van der Waals surface area (Å²) in [5.41, 5.74) is 0.678. The number of aromatic nitrogens is 1. The number of halogens is 1. The first kappa shape index (κ1) is 18.8. The Bertz CT molecular complexity index is 862. The molecule has 0 unspecified atom stereocenters. The fourth-order valence-corrected chi connectivity index (χ4v) is 3.78. The van der Waals surface area contributed by atoms with Gasteiger partial charge in [0.1, 0.15) is 11.5 Å². The smallest absolute Gasteiger partial charge is 0.273 e. The Labute approximate surface area is 166 Å². The van der Waals surface area contributed by atoms with Crippen LogP contribution in [0.3, 0.4) is 0 Å². The molecule has 148 valence electrons. The van der Waals surface area contributed by atoms with Crippen molar-refractivity contribution in [2.45, 2.75) is 18.9 Å². The Morgan fingerprint density at radius 2 is 1.93 bits per heavy atom. The number of para-hydroxylation sites is 1. The monoisotopic (exact) mass is 403 g/mol. The second-order valence-corrected chi connectivity index (χ2v) is 7.91. The van der Waals surface area contributed by atoms with Gasteiger partial charge in [0.15, 0.2) is 5.13 Å². The molecule has 9 heteroatoms. The number of nitrogens with one attached hydrogen (secondary N) is 2. The fraction of sp³-hybridized carbons (Fsp3) is 0.421. The molecule has 1 saturated heterocycles. The molecule has 28 heavy (non-hydrogen) atoms. The number of nitrogens with zero attached hydrogens (tertiary/aromatic N) is 3. The molecular formula is C19H22FN5O2S. The predicted octanol–water partition coefficient (Wildman–Crippen LogP) is 2.06. The van der Waals surface area contributed by atoms with Crippen molar-refractivity contribution in [1.82, 2.24) is 20.1 Å². The summed E-state index contributed by atoms with van der Waals surface area (Å²) in [5, 5.41) is 8.05. The van der Waals surface area contributed by atoms with Gasteiger partial charge in [0, 0.05) is 37.6 Å². The zero-order valence-electron chi connectivity index (χ0n) is 15.4. The zero-order chi connectivity index (χ0) is 19.5. The number of hydrogen-bond acceptors (Lipinski definition) is 6. The van der Waals surface area contributed by atoms with E-state index in [-0.39, 0.29) is 17.6 Å². The highest BCUT2D eigenvalue weighted by Crippen LogP contribution is 2.24. The van der Waals surface area contributed by atoms with Gasteiger partial charge in [0.2, 0.25) is 5.91 Å². The molecule has 2 aromatic rings. The number of rotatable bonds is 6. The Kier molecular flexibility index (Phi) is 5.54. The van der Waals surface area contributed by atoms with Crippen LogP contribution in [0.15, 0.2) is 29.6 Å². The molecule has 2 fully saturated rings. The second kappa shape index (κ2) is 8.24. The summed E-state index contributed by atoms with van der Waals surface area (Å²) >= 11 is 1.27. The van der Waals surface area contributed by atoms with Crippen LogP contribution in [0.2, 0.25) is 0 Å². The van der Waals surface area contributed by atoms with Crippen molar-refractivity contribution < 1.29 is 14.0 Å². The second-order valence-electron chi connectivity index (χ2n) is 7.05. The Morgan fingerprint density at radius 1 is 1.18 bits per heavy atom. The van der Waals surface area contributed by atoms with Gasteiger partial charge >= 0.3 is 0 Å². The minimum atomic E-state index is -0.368. The van der Waals surface area contributed by atoms with Crippen LogP contribution in [0.5, 0.6) is 0 Å². The normalized spacial score (nSPS) is 17.4. The average molecular weight is 403 g/mol. The molecular weight excluding hydrogens is 381 g/mol. The SMILES string of the molecule is O=C(CN1CCN(C(=O)c2csc(Nc3ccccc3F)n2)CC1)NC1CC1. The van der Waals surface area contributed by atoms with Gasteiger partial charge in [-0.1, -0.05) is 12.1 Å². The van der Waals surface area contributed by atoms with E-state index in [9.17, 15) is 14.0 Å². The van der Waals surface area contributed by atoms with E-state index in [1.165, 1.54) is 17.4 Å². The molecule has 0 radical (unpaired) electrons. The van der Waals surface area contributed by atoms with Crippen molar-refractivity contribution in [2.24, 2.45) is 0 Å². The van der Waals surface area contributed by atoms with Crippen LogP contribution in [-0.2, 0) is 4.79 Å². The Hall–Kier alpha value is -2.52. The van der Waals surface area contributed by atoms with E-state index in [0.29, 0.717) is 55.3 Å². The molecule has 1 aliphatic heterocycles. The first-order chi connectivity index (χ1) is 13.6. The van der Waals surface area contributed by atoms with Crippen LogP contribution in [0.4, 0.5) is 15.2 Å². The Balaban J connectivity index is 1.28. The molecule has 2 heterocycles. The van der Waals surface area contributed by atoms with Crippen molar-refractivity contribution in [3.63, 3.8) is 0 Å². The zero-order valence-corrected chi connectivity index (χ0v) is 16.2. The number of anilines is 2. The van der Waals surface area contributed by atoms with Gasteiger partial charge < -0.3 is 15.5 Å². The van der Waals surface area contributed by atoms with E-state index in [4.69, 9.17) is 0 Å². The van der Waals surface area contributed by atoms with E-state index >= 15 is 0 Å². The molecule has 1 aromatic carbocycles. The summed E-state index contributed by atoms with van der Waals surface area (Å²) in [6.07, 6.45) is 2.16. The molecule has 7 nitrogen and oxygen atoms in total. The molecule has 4 rings (SSSR count). The number of thiazole rings is 1. The summed E-state index contributed by atoms with van der Waals surface area (Å²) in [7, 11) is 0. The number of piperazine rings is 1. The third-order valence-electron chi connectivity index (χ3n) is 4.81. The van der Waals surface area contributed by atoms with Crippen molar-refractivity contribution in [3.05, 3.63) is 41.2 Å². The van der Waals surface area contributed by atoms with Gasteiger partial charge in [-0.3, -0.25) is 14.5 Å². The molecule has 2 amide bonds. The van der Waals surface area contributed by atoms with Crippen molar-refractivity contribution in [1.29, 1.82) is 0 Å². The first-order valence-electron chi connectivity index (χ1n) is 9.36. The van der Waals surface area contributed by atoms with E-state index in [2.05, 4.69) is 20.5 Å². The van der Waals surface area contributed by atoms with E-state index in [0.717, 1.165) is 12.8 Å². The number of carbonyl (C=O) groups excluding carboxylic acids is 2. The number of benzene rings is 1. The molecule has 2 N–H and O–H groups in total. The molecule has 1 aromatic heterocycles. The standard InChI is InChI=1S/C19H22FN5O2S/c20-14-3-1-2-4-15(14)22-19-23-16(12-28-19)18(27)25-9-7-24(8-10-25)11-17(26)21-13-5-6-13/h1-4,12-13H,5-11H2,(H,21,26)(H,22,23). The largest absolute Gasteiger partial charge is 0.352 e. The third-order valence-corrected chi connectivity index (χ3v) is 5.57. The van der Waals surface area contributed by atoms with Gasteiger partial charge in [-0.15, -0.1) is 11.3 Å². The lowest BCUT2D eigenvalue weighted by Crippen LogP contribution is -2.51. The van der Waals surface area contributed by atoms with E-state index < -0.39 is 0 Å². The highest BCUT2D eigenvalue weighted by atomic mass is 32.1. The molecule has 2 aliphatic rings. The van der Waals surface area contributed by atoms with Crippen LogP contribution in [-0.4, -0.2) is 65.4 Å². The van der Waals surface area contributed by atoms with Crippen molar-refractivity contribution >= 4 is 34.0 Å². The topological polar surface area (TPSA) is 77.6 Å². The summed E-state index contributed by atoms with van der Waals surface area (Å²) < 4.78 is 13.7. The van der Waals surface area contributed by atoms with Crippen LogP contribution in [0.25, 0.3) is 0 Å². The lowest BCUT2D eigenvalue weighted by Gasteiger charge is -2.33. The summed E-state index contributed by atoms with van der Waals surface area (Å²) in [6.45, 7) is 2.82. The van der Waals surface area contributed by atoms with Crippen LogP contribution in [0, 0.1) is 5.82 Å². The number of amides is 2. The molecule has 0 spiro atoms. The quantitative estimate of drug-likeness (QED) is 0.772. The van der Waals surface area contributed by atoms with E-state index in [1.54, 1.807) is 28.5 Å². The van der Waals surface area contributed by atoms with Gasteiger partial charge in [-0.2, -0.15) is 0 Å². The summed E-state index contributed by atoms with van der Waals surface area (Å²) in [5.74, 6) is -0.446. The predicted molar refractivity (Wildman–Crippen MR) is 105 cm³/mol. The minimum Gasteiger partial charge on any atom is -0.352 e. The Morgan fingerprint density at radius 3 is 2.64 bits per heavy atom. The minimum absolute atomic E-state index is 0.0608. The van der Waals surface area contributed by atoms with Crippen molar-refractivity contribution in [2.75, 3.05) is 38.0 Å². The number of carbonyl (C=O) groups is 2. The van der Waals surface area contributed by atoms with E-state index in [1.807, 2.05) is 0 Å². The number of hydrogen-bond donors (Lipinski definition) is 2. The lowest BCUT2D eigenvalue weighted by atomic mass is 10.3. The molecule has 0 bridgehead atoms. The third kappa shape index (κ3) is 4.66. The first-order valence-corrected chi connectivity index (χ1v) is 10.2.